The Morgan fingerprint density at radius 3 is 2.52 bits per heavy atom. The Hall–Kier alpha value is -3.88. The van der Waals surface area contributed by atoms with E-state index >= 15 is 0 Å². The average Bonchev–Trinajstić information content (AvgIpc) is 3.00. The summed E-state index contributed by atoms with van der Waals surface area (Å²) in [7, 11) is 1.47. The van der Waals surface area contributed by atoms with Crippen molar-refractivity contribution >= 4 is 35.1 Å². The first-order chi connectivity index (χ1) is 14.9. The van der Waals surface area contributed by atoms with Gasteiger partial charge in [0.15, 0.2) is 0 Å². The molecule has 9 heteroatoms. The lowest BCUT2D eigenvalue weighted by molar-refractivity contribution is -0.128. The first-order valence-corrected chi connectivity index (χ1v) is 9.78. The molecule has 1 atom stereocenters. The number of nitrogens with one attached hydrogen (secondary N) is 3. The molecule has 3 N–H and O–H groups in total. The Morgan fingerprint density at radius 1 is 1.10 bits per heavy atom. The number of imide groups is 1. The predicted molar refractivity (Wildman–Crippen MR) is 114 cm³/mol. The molecule has 2 aromatic carbocycles. The number of methoxy groups -OCH3 is 1. The maximum absolute atomic E-state index is 12.6. The monoisotopic (exact) mass is 424 g/mol. The number of amides is 5. The first-order valence-electron chi connectivity index (χ1n) is 9.78. The molecule has 1 aliphatic rings. The SMILES string of the molecule is COc1ccc(NC(C)=O)cc1NC(=O)CC[C@H]1NC(=O)N(Cc2ccccc2)C1=O. The lowest BCUT2D eigenvalue weighted by Gasteiger charge is -2.14. The Bertz CT molecular complexity index is 993. The van der Waals surface area contributed by atoms with Gasteiger partial charge in [0.05, 0.1) is 19.3 Å². The fourth-order valence-corrected chi connectivity index (χ4v) is 3.26. The molecule has 0 bridgehead atoms. The van der Waals surface area contributed by atoms with Gasteiger partial charge in [0, 0.05) is 19.0 Å². The van der Waals surface area contributed by atoms with Crippen LogP contribution in [0.2, 0.25) is 0 Å². The number of rotatable bonds is 8. The summed E-state index contributed by atoms with van der Waals surface area (Å²) >= 11 is 0. The molecule has 5 amide bonds. The molecule has 9 nitrogen and oxygen atoms in total. The molecule has 0 unspecified atom stereocenters. The summed E-state index contributed by atoms with van der Waals surface area (Å²) in [4.78, 5) is 49.6. The number of nitrogens with zero attached hydrogens (tertiary/aromatic N) is 1. The van der Waals surface area contributed by atoms with Gasteiger partial charge in [-0.15, -0.1) is 0 Å². The van der Waals surface area contributed by atoms with Crippen LogP contribution in [-0.4, -0.2) is 41.8 Å². The Morgan fingerprint density at radius 2 is 1.84 bits per heavy atom. The topological polar surface area (TPSA) is 117 Å². The van der Waals surface area contributed by atoms with Gasteiger partial charge in [-0.1, -0.05) is 30.3 Å². The van der Waals surface area contributed by atoms with E-state index in [4.69, 9.17) is 4.74 Å². The molecule has 3 rings (SSSR count). The lowest BCUT2D eigenvalue weighted by Crippen LogP contribution is -2.31. The highest BCUT2D eigenvalue weighted by Crippen LogP contribution is 2.28. The summed E-state index contributed by atoms with van der Waals surface area (Å²) in [5.41, 5.74) is 1.75. The Labute approximate surface area is 179 Å². The van der Waals surface area contributed by atoms with Crippen LogP contribution in [0.1, 0.15) is 25.3 Å². The normalized spacial score (nSPS) is 15.4. The van der Waals surface area contributed by atoms with E-state index in [0.29, 0.717) is 17.1 Å². The van der Waals surface area contributed by atoms with Gasteiger partial charge in [-0.25, -0.2) is 4.79 Å². The number of ether oxygens (including phenoxy) is 1. The van der Waals surface area contributed by atoms with Crippen molar-refractivity contribution in [2.75, 3.05) is 17.7 Å². The molecule has 1 fully saturated rings. The number of hydrogen-bond acceptors (Lipinski definition) is 5. The second-order valence-corrected chi connectivity index (χ2v) is 7.10. The van der Waals surface area contributed by atoms with Crippen molar-refractivity contribution in [3.8, 4) is 5.75 Å². The van der Waals surface area contributed by atoms with Gasteiger partial charge in [0.25, 0.3) is 5.91 Å². The summed E-state index contributed by atoms with van der Waals surface area (Å²) < 4.78 is 5.24. The number of anilines is 2. The maximum atomic E-state index is 12.6. The largest absolute Gasteiger partial charge is 0.495 e. The first kappa shape index (κ1) is 21.8. The smallest absolute Gasteiger partial charge is 0.325 e. The summed E-state index contributed by atoms with van der Waals surface area (Å²) in [6.45, 7) is 1.57. The molecule has 0 radical (unpaired) electrons. The van der Waals surface area contributed by atoms with E-state index in [0.717, 1.165) is 10.5 Å². The molecule has 1 saturated heterocycles. The highest BCUT2D eigenvalue weighted by molar-refractivity contribution is 6.04. The van der Waals surface area contributed by atoms with Crippen molar-refractivity contribution in [3.05, 3.63) is 54.1 Å². The number of urea groups is 1. The van der Waals surface area contributed by atoms with E-state index in [-0.39, 0.29) is 37.1 Å². The molecule has 0 saturated carbocycles. The van der Waals surface area contributed by atoms with Gasteiger partial charge in [0.2, 0.25) is 11.8 Å². The lowest BCUT2D eigenvalue weighted by atomic mass is 10.1. The van der Waals surface area contributed by atoms with Gasteiger partial charge >= 0.3 is 6.03 Å². The van der Waals surface area contributed by atoms with Gasteiger partial charge < -0.3 is 20.7 Å². The molecule has 162 valence electrons. The average molecular weight is 424 g/mol. The second-order valence-electron chi connectivity index (χ2n) is 7.10. The molecule has 31 heavy (non-hydrogen) atoms. The standard InChI is InChI=1S/C22H24N4O5/c1-14(27)23-16-8-10-19(31-2)18(12-16)24-20(28)11-9-17-21(29)26(22(30)25-17)13-15-6-4-3-5-7-15/h3-8,10,12,17H,9,11,13H2,1-2H3,(H,23,27)(H,24,28)(H,25,30)/t17-/m1/s1. The van der Waals surface area contributed by atoms with E-state index in [1.54, 1.807) is 18.2 Å². The van der Waals surface area contributed by atoms with Crippen LogP contribution in [0.5, 0.6) is 5.75 Å². The minimum Gasteiger partial charge on any atom is -0.495 e. The third-order valence-corrected chi connectivity index (χ3v) is 4.74. The van der Waals surface area contributed by atoms with E-state index in [2.05, 4.69) is 16.0 Å². The fourth-order valence-electron chi connectivity index (χ4n) is 3.26. The van der Waals surface area contributed by atoms with Crippen LogP contribution in [-0.2, 0) is 20.9 Å². The third-order valence-electron chi connectivity index (χ3n) is 4.74. The van der Waals surface area contributed by atoms with Gasteiger partial charge in [-0.2, -0.15) is 0 Å². The van der Waals surface area contributed by atoms with Crippen molar-refractivity contribution in [1.82, 2.24) is 10.2 Å². The van der Waals surface area contributed by atoms with Crippen LogP contribution in [0.3, 0.4) is 0 Å². The fraction of sp³-hybridized carbons (Fsp3) is 0.273. The molecule has 2 aromatic rings. The summed E-state index contributed by atoms with van der Waals surface area (Å²) in [5, 5.41) is 7.99. The van der Waals surface area contributed by atoms with Gasteiger partial charge in [-0.05, 0) is 30.2 Å². The molecule has 0 aromatic heterocycles. The zero-order valence-corrected chi connectivity index (χ0v) is 17.3. The minimum absolute atomic E-state index is 0.0172. The number of carbonyl (C=O) groups excluding carboxylic acids is 4. The van der Waals surface area contributed by atoms with Crippen molar-refractivity contribution in [3.63, 3.8) is 0 Å². The van der Waals surface area contributed by atoms with E-state index in [1.807, 2.05) is 30.3 Å². The van der Waals surface area contributed by atoms with Crippen molar-refractivity contribution in [1.29, 1.82) is 0 Å². The van der Waals surface area contributed by atoms with Gasteiger partial charge in [-0.3, -0.25) is 19.3 Å². The van der Waals surface area contributed by atoms with Crippen LogP contribution in [0.4, 0.5) is 16.2 Å². The minimum atomic E-state index is -0.755. The Kier molecular flexibility index (Phi) is 6.86. The predicted octanol–water partition coefficient (Wildman–Crippen LogP) is 2.49. The van der Waals surface area contributed by atoms with Gasteiger partial charge in [0.1, 0.15) is 11.8 Å². The van der Waals surface area contributed by atoms with Crippen LogP contribution in [0, 0.1) is 0 Å². The molecule has 1 heterocycles. The van der Waals surface area contributed by atoms with Crippen LogP contribution in [0.25, 0.3) is 0 Å². The quantitative estimate of drug-likeness (QED) is 0.563. The second kappa shape index (κ2) is 9.75. The van der Waals surface area contributed by atoms with E-state index in [1.165, 1.54) is 14.0 Å². The highest BCUT2D eigenvalue weighted by atomic mass is 16.5. The summed E-state index contributed by atoms with van der Waals surface area (Å²) in [6, 6.07) is 12.9. The number of carbonyl (C=O) groups is 4. The molecular weight excluding hydrogens is 400 g/mol. The number of benzene rings is 2. The molecular formula is C22H24N4O5. The highest BCUT2D eigenvalue weighted by Gasteiger charge is 2.37. The molecule has 1 aliphatic heterocycles. The summed E-state index contributed by atoms with van der Waals surface area (Å²) in [5.74, 6) is -0.506. The maximum Gasteiger partial charge on any atom is 0.325 e. The van der Waals surface area contributed by atoms with E-state index in [9.17, 15) is 19.2 Å². The van der Waals surface area contributed by atoms with E-state index < -0.39 is 12.1 Å². The van der Waals surface area contributed by atoms with Crippen molar-refractivity contribution in [2.45, 2.75) is 32.4 Å². The van der Waals surface area contributed by atoms with Crippen LogP contribution >= 0.6 is 0 Å². The van der Waals surface area contributed by atoms with Crippen LogP contribution in [0.15, 0.2) is 48.5 Å². The Balaban J connectivity index is 1.58. The van der Waals surface area contributed by atoms with Crippen LogP contribution < -0.4 is 20.7 Å². The van der Waals surface area contributed by atoms with Crippen molar-refractivity contribution in [2.24, 2.45) is 0 Å². The molecule has 0 spiro atoms. The summed E-state index contributed by atoms with van der Waals surface area (Å²) in [6.07, 6.45) is 0.179. The zero-order chi connectivity index (χ0) is 22.4. The number of hydrogen-bond donors (Lipinski definition) is 3. The van der Waals surface area contributed by atoms with Crippen molar-refractivity contribution < 1.29 is 23.9 Å². The zero-order valence-electron chi connectivity index (χ0n) is 17.3. The molecule has 0 aliphatic carbocycles. The third kappa shape index (κ3) is 5.59.